The first-order valence-electron chi connectivity index (χ1n) is 11.1. The van der Waals surface area contributed by atoms with Crippen molar-refractivity contribution < 1.29 is 14.3 Å². The molecule has 0 saturated heterocycles. The normalized spacial score (nSPS) is 13.2. The molecule has 2 amide bonds. The van der Waals surface area contributed by atoms with Crippen molar-refractivity contribution in [2.24, 2.45) is 5.92 Å². The van der Waals surface area contributed by atoms with Crippen molar-refractivity contribution >= 4 is 63.9 Å². The molecule has 2 heterocycles. The number of aromatic nitrogens is 2. The van der Waals surface area contributed by atoms with Gasteiger partial charge in [-0.05, 0) is 37.1 Å². The van der Waals surface area contributed by atoms with E-state index in [1.807, 2.05) is 54.0 Å². The maximum atomic E-state index is 13.1. The highest BCUT2D eigenvalue weighted by atomic mass is 32.1. The van der Waals surface area contributed by atoms with Crippen LogP contribution in [0.5, 0.6) is 5.75 Å². The monoisotopic (exact) mass is 473 g/mol. The standard InChI is InChI=1S/C22H26B3N5O3S/c1-11-27-17(10-34-11)13-4-3-5-15(19(13)33-2)28-16-8-18(29-20(31)12-6-7-12)26-9-14(16)21(32)30-22(23,24)25/h3-5,8-10,12H,6-7,23-25H2,1-2H3,(H,30,32)(H2,26,28,29,31). The molecule has 1 saturated carbocycles. The lowest BCUT2D eigenvalue weighted by Gasteiger charge is -2.22. The molecule has 8 nitrogen and oxygen atoms in total. The van der Waals surface area contributed by atoms with Crippen molar-refractivity contribution in [2.75, 3.05) is 17.7 Å². The molecule has 1 aromatic carbocycles. The summed E-state index contributed by atoms with van der Waals surface area (Å²) < 4.78 is 5.74. The van der Waals surface area contributed by atoms with E-state index in [0.717, 1.165) is 29.1 Å². The van der Waals surface area contributed by atoms with E-state index in [1.165, 1.54) is 6.20 Å². The zero-order valence-corrected chi connectivity index (χ0v) is 20.8. The number of benzene rings is 1. The van der Waals surface area contributed by atoms with Crippen molar-refractivity contribution in [3.05, 3.63) is 46.4 Å². The summed E-state index contributed by atoms with van der Waals surface area (Å²) in [6.45, 7) is 1.96. The zero-order chi connectivity index (χ0) is 24.5. The van der Waals surface area contributed by atoms with Crippen LogP contribution in [-0.2, 0) is 4.79 Å². The zero-order valence-electron chi connectivity index (χ0n) is 20.0. The number of carbonyl (C=O) groups excluding carboxylic acids is 2. The Hall–Kier alpha value is -3.27. The van der Waals surface area contributed by atoms with E-state index in [9.17, 15) is 9.59 Å². The number of hydrogen-bond donors (Lipinski definition) is 3. The van der Waals surface area contributed by atoms with E-state index in [-0.39, 0.29) is 17.7 Å². The molecule has 0 atom stereocenters. The quantitative estimate of drug-likeness (QED) is 0.420. The van der Waals surface area contributed by atoms with Crippen molar-refractivity contribution in [3.8, 4) is 17.0 Å². The van der Waals surface area contributed by atoms with Crippen molar-refractivity contribution in [1.82, 2.24) is 15.3 Å². The third kappa shape index (κ3) is 5.62. The second-order valence-electron chi connectivity index (χ2n) is 9.35. The Morgan fingerprint density at radius 1 is 1.21 bits per heavy atom. The molecule has 34 heavy (non-hydrogen) atoms. The van der Waals surface area contributed by atoms with Gasteiger partial charge in [0.15, 0.2) is 5.75 Å². The van der Waals surface area contributed by atoms with Gasteiger partial charge < -0.3 is 20.7 Å². The molecule has 12 heteroatoms. The molecular formula is C22H26B3N5O3S. The largest absolute Gasteiger partial charge is 0.494 e. The molecule has 1 fully saturated rings. The molecule has 1 aliphatic carbocycles. The number of thiazole rings is 1. The first-order chi connectivity index (χ1) is 16.1. The summed E-state index contributed by atoms with van der Waals surface area (Å²) in [4.78, 5) is 34.2. The van der Waals surface area contributed by atoms with Crippen LogP contribution in [0.25, 0.3) is 11.3 Å². The highest BCUT2D eigenvalue weighted by Gasteiger charge is 2.30. The van der Waals surface area contributed by atoms with E-state index in [2.05, 4.69) is 25.9 Å². The summed E-state index contributed by atoms with van der Waals surface area (Å²) in [6, 6.07) is 7.40. The number of para-hydroxylation sites is 1. The fourth-order valence-electron chi connectivity index (χ4n) is 3.48. The van der Waals surface area contributed by atoms with Gasteiger partial charge >= 0.3 is 0 Å². The van der Waals surface area contributed by atoms with E-state index < -0.39 is 5.24 Å². The number of pyridine rings is 1. The summed E-state index contributed by atoms with van der Waals surface area (Å²) in [6.07, 6.45) is 3.26. The van der Waals surface area contributed by atoms with Gasteiger partial charge in [-0.3, -0.25) is 9.59 Å². The van der Waals surface area contributed by atoms with Crippen LogP contribution >= 0.6 is 11.3 Å². The summed E-state index contributed by atoms with van der Waals surface area (Å²) in [5.74, 6) is 0.712. The van der Waals surface area contributed by atoms with E-state index in [1.54, 1.807) is 24.5 Å². The predicted octanol–water partition coefficient (Wildman–Crippen LogP) is 0.855. The minimum absolute atomic E-state index is 0.0421. The molecular weight excluding hydrogens is 447 g/mol. The lowest BCUT2D eigenvalue weighted by Crippen LogP contribution is -2.50. The number of rotatable bonds is 8. The molecule has 172 valence electrons. The number of nitrogens with zero attached hydrogens (tertiary/aromatic N) is 2. The number of carbonyl (C=O) groups is 2. The molecule has 3 aromatic rings. The van der Waals surface area contributed by atoms with Crippen LogP contribution < -0.4 is 20.7 Å². The Balaban J connectivity index is 1.72. The van der Waals surface area contributed by atoms with Gasteiger partial charge in [-0.25, -0.2) is 9.97 Å². The lowest BCUT2D eigenvalue weighted by atomic mass is 9.49. The summed E-state index contributed by atoms with van der Waals surface area (Å²) >= 11 is 1.57. The molecule has 1 aliphatic rings. The van der Waals surface area contributed by atoms with Gasteiger partial charge in [0.05, 0.1) is 34.7 Å². The first kappa shape index (κ1) is 23.9. The molecule has 0 spiro atoms. The second-order valence-corrected chi connectivity index (χ2v) is 10.4. The van der Waals surface area contributed by atoms with Crippen molar-refractivity contribution in [3.63, 3.8) is 0 Å². The Morgan fingerprint density at radius 3 is 2.59 bits per heavy atom. The van der Waals surface area contributed by atoms with Crippen LogP contribution in [0, 0.1) is 12.8 Å². The Morgan fingerprint density at radius 2 is 1.97 bits per heavy atom. The van der Waals surface area contributed by atoms with Gasteiger partial charge in [0, 0.05) is 29.1 Å². The lowest BCUT2D eigenvalue weighted by molar-refractivity contribution is -0.117. The third-order valence-electron chi connectivity index (χ3n) is 5.22. The predicted molar refractivity (Wildman–Crippen MR) is 144 cm³/mol. The molecule has 0 unspecified atom stereocenters. The highest BCUT2D eigenvalue weighted by Crippen LogP contribution is 2.39. The van der Waals surface area contributed by atoms with Crippen molar-refractivity contribution in [2.45, 2.75) is 25.0 Å². The summed E-state index contributed by atoms with van der Waals surface area (Å²) in [5, 5.41) is 11.7. The highest BCUT2D eigenvalue weighted by molar-refractivity contribution is 7.09. The van der Waals surface area contributed by atoms with Crippen LogP contribution in [0.15, 0.2) is 35.8 Å². The van der Waals surface area contributed by atoms with Crippen LogP contribution in [0.1, 0.15) is 28.2 Å². The second kappa shape index (κ2) is 9.54. The molecule has 0 aliphatic heterocycles. The molecule has 0 radical (unpaired) electrons. The summed E-state index contributed by atoms with van der Waals surface area (Å²) in [5.41, 5.74) is 3.19. The van der Waals surface area contributed by atoms with Gasteiger partial charge in [0.1, 0.15) is 29.4 Å². The SMILES string of the molecule is BC(B)(B)NC(=O)c1cnc(NC(=O)C2CC2)cc1Nc1cccc(-c2csc(C)n2)c1OC. The van der Waals surface area contributed by atoms with Crippen LogP contribution in [0.3, 0.4) is 0 Å². The third-order valence-corrected chi connectivity index (χ3v) is 5.99. The smallest absolute Gasteiger partial charge is 0.253 e. The molecule has 3 N–H and O–H groups in total. The topological polar surface area (TPSA) is 105 Å². The molecule has 0 bridgehead atoms. The fraction of sp³-hybridized carbons (Fsp3) is 0.273. The van der Waals surface area contributed by atoms with Gasteiger partial charge in [0.25, 0.3) is 5.91 Å². The Bertz CT molecular complexity index is 1240. The van der Waals surface area contributed by atoms with Gasteiger partial charge in [-0.15, -0.1) is 11.3 Å². The maximum absolute atomic E-state index is 13.1. The Labute approximate surface area is 205 Å². The number of aryl methyl sites for hydroxylation is 1. The minimum Gasteiger partial charge on any atom is -0.494 e. The van der Waals surface area contributed by atoms with Gasteiger partial charge in [-0.2, -0.15) is 0 Å². The number of hydrogen-bond acceptors (Lipinski definition) is 7. The van der Waals surface area contributed by atoms with E-state index in [4.69, 9.17) is 4.74 Å². The van der Waals surface area contributed by atoms with Gasteiger partial charge in [0.2, 0.25) is 5.91 Å². The number of ether oxygens (including phenoxy) is 1. The van der Waals surface area contributed by atoms with Gasteiger partial charge in [-0.1, -0.05) is 6.07 Å². The van der Waals surface area contributed by atoms with E-state index in [0.29, 0.717) is 28.5 Å². The minimum atomic E-state index is -0.423. The average Bonchev–Trinajstić information content (AvgIpc) is 3.53. The van der Waals surface area contributed by atoms with Crippen LogP contribution in [0.4, 0.5) is 17.2 Å². The van der Waals surface area contributed by atoms with Crippen molar-refractivity contribution in [1.29, 1.82) is 0 Å². The number of methoxy groups -OCH3 is 1. The average molecular weight is 473 g/mol. The van der Waals surface area contributed by atoms with E-state index >= 15 is 0 Å². The molecule has 2 aromatic heterocycles. The summed E-state index contributed by atoms with van der Waals surface area (Å²) in [7, 11) is 7.35. The number of nitrogens with one attached hydrogen (secondary N) is 3. The number of anilines is 3. The first-order valence-corrected chi connectivity index (χ1v) is 12.0. The maximum Gasteiger partial charge on any atom is 0.253 e. The Kier molecular flexibility index (Phi) is 6.70. The fourth-order valence-corrected chi connectivity index (χ4v) is 4.09. The van der Waals surface area contributed by atoms with Crippen LogP contribution in [0.2, 0.25) is 0 Å². The number of amides is 2. The van der Waals surface area contributed by atoms with Crippen LogP contribution in [-0.4, -0.2) is 57.7 Å². The molecule has 4 rings (SSSR count).